The second kappa shape index (κ2) is 12.9. The number of ether oxygens (including phenoxy) is 3. The first-order chi connectivity index (χ1) is 18.4. The maximum atomic E-state index is 12.1. The van der Waals surface area contributed by atoms with Gasteiger partial charge in [0, 0.05) is 21.2 Å². The van der Waals surface area contributed by atoms with E-state index in [4.69, 9.17) is 19.3 Å². The van der Waals surface area contributed by atoms with E-state index >= 15 is 0 Å². The van der Waals surface area contributed by atoms with Crippen LogP contribution in [0.3, 0.4) is 0 Å². The molecular formula is C30H33BrN2O5. The van der Waals surface area contributed by atoms with Crippen molar-refractivity contribution in [3.63, 3.8) is 0 Å². The van der Waals surface area contributed by atoms with Crippen LogP contribution in [0.25, 0.3) is 17.3 Å². The third-order valence-corrected chi connectivity index (χ3v) is 7.42. The average molecular weight is 582 g/mol. The summed E-state index contributed by atoms with van der Waals surface area (Å²) in [6.07, 6.45) is 7.61. The highest BCUT2D eigenvalue weighted by atomic mass is 79.9. The molecule has 0 aliphatic heterocycles. The molecule has 1 aliphatic carbocycles. The van der Waals surface area contributed by atoms with Crippen molar-refractivity contribution in [2.75, 3.05) is 13.7 Å². The Kier molecular flexibility index (Phi) is 9.39. The summed E-state index contributed by atoms with van der Waals surface area (Å²) in [6.45, 7) is 4.19. The number of halogens is 1. The molecule has 4 rings (SSSR count). The summed E-state index contributed by atoms with van der Waals surface area (Å²) in [7, 11) is 1.36. The Labute approximate surface area is 231 Å². The maximum absolute atomic E-state index is 12.1. The van der Waals surface area contributed by atoms with Gasteiger partial charge >= 0.3 is 11.9 Å². The van der Waals surface area contributed by atoms with E-state index in [9.17, 15) is 9.59 Å². The largest absolute Gasteiger partial charge is 0.489 e. The van der Waals surface area contributed by atoms with E-state index in [1.165, 1.54) is 26.4 Å². The molecule has 0 radical (unpaired) electrons. The van der Waals surface area contributed by atoms with Crippen molar-refractivity contribution >= 4 is 33.9 Å². The van der Waals surface area contributed by atoms with Crippen LogP contribution in [-0.4, -0.2) is 35.4 Å². The van der Waals surface area contributed by atoms with Gasteiger partial charge in [0.1, 0.15) is 12.4 Å². The fourth-order valence-electron chi connectivity index (χ4n) is 4.64. The molecule has 0 saturated heterocycles. The van der Waals surface area contributed by atoms with E-state index in [-0.39, 0.29) is 11.9 Å². The lowest BCUT2D eigenvalue weighted by Gasteiger charge is -2.24. The lowest BCUT2D eigenvalue weighted by Crippen LogP contribution is -2.15. The number of hydrogen-bond acceptors (Lipinski definition) is 6. The molecule has 0 bridgehead atoms. The van der Waals surface area contributed by atoms with Gasteiger partial charge in [-0.3, -0.25) is 4.68 Å². The number of methoxy groups -OCH3 is 1. The van der Waals surface area contributed by atoms with Crippen molar-refractivity contribution in [3.8, 4) is 17.0 Å². The van der Waals surface area contributed by atoms with Crippen LogP contribution in [0.5, 0.6) is 5.75 Å². The predicted octanol–water partition coefficient (Wildman–Crippen LogP) is 7.15. The molecule has 1 aliphatic rings. The van der Waals surface area contributed by atoms with E-state index in [1.54, 1.807) is 32.1 Å². The fraction of sp³-hybridized carbons (Fsp3) is 0.367. The highest BCUT2D eigenvalue weighted by Gasteiger charge is 2.21. The third-order valence-electron chi connectivity index (χ3n) is 6.65. The molecule has 38 heavy (non-hydrogen) atoms. The molecule has 1 fully saturated rings. The predicted molar refractivity (Wildman–Crippen MR) is 150 cm³/mol. The first-order valence-electron chi connectivity index (χ1n) is 12.9. The maximum Gasteiger partial charge on any atom is 0.337 e. The van der Waals surface area contributed by atoms with Gasteiger partial charge in [-0.1, -0.05) is 35.2 Å². The number of hydrogen-bond donors (Lipinski definition) is 0. The minimum Gasteiger partial charge on any atom is -0.489 e. The molecule has 1 aromatic heterocycles. The molecule has 0 N–H and O–H groups in total. The first-order valence-corrected chi connectivity index (χ1v) is 13.7. The zero-order valence-electron chi connectivity index (χ0n) is 22.0. The smallest absolute Gasteiger partial charge is 0.337 e. The van der Waals surface area contributed by atoms with Gasteiger partial charge in [0.05, 0.1) is 36.7 Å². The van der Waals surface area contributed by atoms with E-state index in [2.05, 4.69) is 20.6 Å². The Morgan fingerprint density at radius 3 is 2.50 bits per heavy atom. The summed E-state index contributed by atoms with van der Waals surface area (Å²) in [5, 5.41) is 4.89. The van der Waals surface area contributed by atoms with Crippen LogP contribution in [0.4, 0.5) is 0 Å². The second-order valence-corrected chi connectivity index (χ2v) is 10.2. The van der Waals surface area contributed by atoms with E-state index in [0.717, 1.165) is 39.8 Å². The lowest BCUT2D eigenvalue weighted by molar-refractivity contribution is -0.138. The molecule has 7 nitrogen and oxygen atoms in total. The molecule has 2 aromatic carbocycles. The molecule has 8 heteroatoms. The molecule has 0 atom stereocenters. The van der Waals surface area contributed by atoms with Gasteiger partial charge in [-0.05, 0) is 81.3 Å². The molecule has 0 unspecified atom stereocenters. The fourth-order valence-corrected chi connectivity index (χ4v) is 5.00. The van der Waals surface area contributed by atoms with Gasteiger partial charge < -0.3 is 14.2 Å². The topological polar surface area (TPSA) is 79.6 Å². The average Bonchev–Trinajstić information content (AvgIpc) is 3.36. The Balaban J connectivity index is 1.55. The second-order valence-electron chi connectivity index (χ2n) is 9.35. The molecule has 200 valence electrons. The number of nitrogens with zero attached hydrogens (tertiary/aromatic N) is 2. The van der Waals surface area contributed by atoms with Crippen molar-refractivity contribution in [2.45, 2.75) is 58.6 Å². The molecule has 0 amide bonds. The van der Waals surface area contributed by atoms with Gasteiger partial charge in [-0.2, -0.15) is 5.10 Å². The normalized spacial score (nSPS) is 14.3. The number of esters is 2. The minimum atomic E-state index is -0.385. The third kappa shape index (κ3) is 6.72. The Bertz CT molecular complexity index is 1310. The van der Waals surface area contributed by atoms with Crippen LogP contribution in [0.1, 0.15) is 73.6 Å². The first kappa shape index (κ1) is 27.6. The SMILES string of the molecule is CCOC(=O)/C(C)=C/c1cc(-c2ccc(OCc3cc(C(=O)OC)ccc3Br)cc2)n(C2CCCCC2)n1. The molecule has 1 heterocycles. The number of rotatable bonds is 9. The number of benzene rings is 2. The molecular weight excluding hydrogens is 548 g/mol. The van der Waals surface area contributed by atoms with Crippen LogP contribution in [-0.2, 0) is 20.9 Å². The highest BCUT2D eigenvalue weighted by molar-refractivity contribution is 9.10. The van der Waals surface area contributed by atoms with Crippen molar-refractivity contribution in [3.05, 3.63) is 75.4 Å². The van der Waals surface area contributed by atoms with Crippen LogP contribution in [0.15, 0.2) is 58.6 Å². The standard InChI is InChI=1S/C30H33BrN2O5/c1-4-37-29(34)20(2)16-24-18-28(33(32-24)25-8-6-5-7-9-25)21-10-13-26(14-11-21)38-19-23-17-22(30(35)36-3)12-15-27(23)31/h10-18,25H,4-9,19H2,1-3H3/b20-16+. The van der Waals surface area contributed by atoms with Crippen LogP contribution >= 0.6 is 15.9 Å². The van der Waals surface area contributed by atoms with E-state index in [1.807, 2.05) is 36.4 Å². The molecule has 0 spiro atoms. The van der Waals surface area contributed by atoms with Crippen molar-refractivity contribution in [1.29, 1.82) is 0 Å². The van der Waals surface area contributed by atoms with Gasteiger partial charge in [-0.15, -0.1) is 0 Å². The van der Waals surface area contributed by atoms with Crippen molar-refractivity contribution in [2.24, 2.45) is 0 Å². The minimum absolute atomic E-state index is 0.298. The van der Waals surface area contributed by atoms with Crippen LogP contribution in [0, 0.1) is 0 Å². The lowest BCUT2D eigenvalue weighted by atomic mass is 9.95. The summed E-state index contributed by atoms with van der Waals surface area (Å²) in [5.41, 5.74) is 4.63. The van der Waals surface area contributed by atoms with Crippen molar-refractivity contribution < 1.29 is 23.8 Å². The Hall–Kier alpha value is -3.39. The van der Waals surface area contributed by atoms with E-state index in [0.29, 0.717) is 36.1 Å². The van der Waals surface area contributed by atoms with Gasteiger partial charge in [0.15, 0.2) is 0 Å². The number of carbonyl (C=O) groups is 2. The summed E-state index contributed by atoms with van der Waals surface area (Å²) >= 11 is 3.52. The Morgan fingerprint density at radius 1 is 1.08 bits per heavy atom. The molecule has 1 saturated carbocycles. The highest BCUT2D eigenvalue weighted by Crippen LogP contribution is 2.34. The van der Waals surface area contributed by atoms with Gasteiger partial charge in [0.25, 0.3) is 0 Å². The quantitative estimate of drug-likeness (QED) is 0.197. The monoisotopic (exact) mass is 580 g/mol. The van der Waals surface area contributed by atoms with Gasteiger partial charge in [0.2, 0.25) is 0 Å². The summed E-state index contributed by atoms with van der Waals surface area (Å²) in [6, 6.07) is 15.6. The van der Waals surface area contributed by atoms with Crippen LogP contribution < -0.4 is 4.74 Å². The van der Waals surface area contributed by atoms with Gasteiger partial charge in [-0.25, -0.2) is 9.59 Å². The Morgan fingerprint density at radius 2 is 1.82 bits per heavy atom. The molecule has 3 aromatic rings. The summed E-state index contributed by atoms with van der Waals surface area (Å²) in [5.74, 6) is 0.00185. The summed E-state index contributed by atoms with van der Waals surface area (Å²) < 4.78 is 18.9. The van der Waals surface area contributed by atoms with Crippen molar-refractivity contribution in [1.82, 2.24) is 9.78 Å². The number of carbonyl (C=O) groups excluding carboxylic acids is 2. The zero-order valence-corrected chi connectivity index (χ0v) is 23.6. The van der Waals surface area contributed by atoms with E-state index < -0.39 is 0 Å². The summed E-state index contributed by atoms with van der Waals surface area (Å²) in [4.78, 5) is 24.0. The zero-order chi connectivity index (χ0) is 27.1. The van der Waals surface area contributed by atoms with Crippen LogP contribution in [0.2, 0.25) is 0 Å². The number of aromatic nitrogens is 2.